The van der Waals surface area contributed by atoms with Crippen molar-refractivity contribution in [3.05, 3.63) is 96.8 Å². The molecule has 170 valence electrons. The van der Waals surface area contributed by atoms with Crippen molar-refractivity contribution in [3.8, 4) is 50.9 Å². The van der Waals surface area contributed by atoms with Crippen LogP contribution < -0.4 is 14.2 Å². The summed E-state index contributed by atoms with van der Waals surface area (Å²) in [5.41, 5.74) is 7.56. The molecule has 0 N–H and O–H groups in total. The van der Waals surface area contributed by atoms with E-state index in [0.29, 0.717) is 6.54 Å². The summed E-state index contributed by atoms with van der Waals surface area (Å²) in [4.78, 5) is 4.89. The molecule has 2 aliphatic rings. The average molecular weight is 451 g/mol. The van der Waals surface area contributed by atoms with Crippen molar-refractivity contribution in [3.63, 3.8) is 0 Å². The number of hydrogen-bond donors (Lipinski definition) is 0. The summed E-state index contributed by atoms with van der Waals surface area (Å²) in [6, 6.07) is 26.8. The second kappa shape index (κ2) is 9.32. The van der Waals surface area contributed by atoms with Gasteiger partial charge in [-0.15, -0.1) is 0 Å². The number of aromatic nitrogens is 2. The lowest BCUT2D eigenvalue weighted by Gasteiger charge is -2.11. The predicted octanol–water partition coefficient (Wildman–Crippen LogP) is 6.40. The van der Waals surface area contributed by atoms with Crippen LogP contribution in [0.5, 0.6) is 17.2 Å². The highest BCUT2D eigenvalue weighted by atomic mass is 16.5. The number of hydrogen-bond acceptors (Lipinski definition) is 4. The van der Waals surface area contributed by atoms with Gasteiger partial charge in [-0.1, -0.05) is 36.4 Å². The second-order valence-corrected chi connectivity index (χ2v) is 8.13. The summed E-state index contributed by atoms with van der Waals surface area (Å²) in [6.07, 6.45) is 4.16. The summed E-state index contributed by atoms with van der Waals surface area (Å²) < 4.78 is 18.2. The van der Waals surface area contributed by atoms with E-state index >= 15 is 0 Å². The van der Waals surface area contributed by atoms with Crippen LogP contribution in [0.3, 0.4) is 0 Å². The highest BCUT2D eigenvalue weighted by Crippen LogP contribution is 2.31. The van der Waals surface area contributed by atoms with E-state index < -0.39 is 0 Å². The van der Waals surface area contributed by atoms with Crippen LogP contribution in [0.1, 0.15) is 5.56 Å². The van der Waals surface area contributed by atoms with Gasteiger partial charge >= 0.3 is 0 Å². The lowest BCUT2D eigenvalue weighted by molar-refractivity contribution is 0.393. The van der Waals surface area contributed by atoms with Gasteiger partial charge in [-0.3, -0.25) is 0 Å². The number of ether oxygens (including phenoxy) is 3. The first-order chi connectivity index (χ1) is 16.6. The molecule has 5 heteroatoms. The smallest absolute Gasteiger partial charge is 0.122 e. The van der Waals surface area contributed by atoms with E-state index in [-0.39, 0.29) is 0 Å². The zero-order chi connectivity index (χ0) is 23.5. The van der Waals surface area contributed by atoms with Crippen LogP contribution in [0.15, 0.2) is 91.3 Å². The quantitative estimate of drug-likeness (QED) is 0.288. The normalized spacial score (nSPS) is 10.9. The third-order valence-corrected chi connectivity index (χ3v) is 5.94. The number of benzene rings is 3. The van der Waals surface area contributed by atoms with Crippen LogP contribution in [0.4, 0.5) is 0 Å². The maximum absolute atomic E-state index is 5.40. The molecule has 0 aromatic heterocycles. The molecule has 0 radical (unpaired) electrons. The highest BCUT2D eigenvalue weighted by molar-refractivity contribution is 5.75. The van der Waals surface area contributed by atoms with Gasteiger partial charge in [0, 0.05) is 36.1 Å². The molecule has 0 fully saturated rings. The van der Waals surface area contributed by atoms with Crippen molar-refractivity contribution >= 4 is 0 Å². The molecule has 3 aromatic rings. The first kappa shape index (κ1) is 21.6. The van der Waals surface area contributed by atoms with Crippen LogP contribution in [-0.4, -0.2) is 30.9 Å². The predicted molar refractivity (Wildman–Crippen MR) is 135 cm³/mol. The Morgan fingerprint density at radius 3 is 1.79 bits per heavy atom. The molecule has 34 heavy (non-hydrogen) atoms. The largest absolute Gasteiger partial charge is 0.497 e. The van der Waals surface area contributed by atoms with Gasteiger partial charge in [-0.2, -0.15) is 0 Å². The molecule has 0 unspecified atom stereocenters. The van der Waals surface area contributed by atoms with Crippen LogP contribution in [0, 0.1) is 0 Å². The van der Waals surface area contributed by atoms with Crippen LogP contribution in [0.2, 0.25) is 0 Å². The van der Waals surface area contributed by atoms with Crippen molar-refractivity contribution in [1.82, 2.24) is 9.55 Å². The first-order valence-electron chi connectivity index (χ1n) is 11.1. The topological polar surface area (TPSA) is 45.5 Å². The monoisotopic (exact) mass is 450 g/mol. The van der Waals surface area contributed by atoms with Gasteiger partial charge < -0.3 is 18.8 Å². The molecular weight excluding hydrogens is 424 g/mol. The Labute approximate surface area is 199 Å². The van der Waals surface area contributed by atoms with Gasteiger partial charge in [-0.25, -0.2) is 4.98 Å². The molecule has 0 saturated carbocycles. The Morgan fingerprint density at radius 2 is 1.18 bits per heavy atom. The highest BCUT2D eigenvalue weighted by Gasteiger charge is 2.12. The SMILES string of the molecule is COc1ccc(-c2ccc(-c3cc4ccn(Cc5cc(OC)cc(OC)c5)cc-4n3)cc2)cc1. The number of pyridine rings is 1. The van der Waals surface area contributed by atoms with E-state index in [1.54, 1.807) is 21.3 Å². The fourth-order valence-electron chi connectivity index (χ4n) is 4.09. The van der Waals surface area contributed by atoms with Crippen LogP contribution >= 0.6 is 0 Å². The Morgan fingerprint density at radius 1 is 0.588 bits per heavy atom. The molecule has 0 saturated heterocycles. The summed E-state index contributed by atoms with van der Waals surface area (Å²) >= 11 is 0. The number of fused-ring (bicyclic) bond motifs is 1. The fourth-order valence-corrected chi connectivity index (χ4v) is 4.09. The van der Waals surface area contributed by atoms with E-state index in [4.69, 9.17) is 19.2 Å². The average Bonchev–Trinajstić information content (AvgIpc) is 3.32. The van der Waals surface area contributed by atoms with E-state index in [1.807, 2.05) is 30.3 Å². The molecule has 2 heterocycles. The summed E-state index contributed by atoms with van der Waals surface area (Å²) in [5, 5.41) is 0. The molecule has 0 spiro atoms. The van der Waals surface area contributed by atoms with E-state index in [1.165, 1.54) is 0 Å². The van der Waals surface area contributed by atoms with Crippen molar-refractivity contribution in [2.45, 2.75) is 6.54 Å². The minimum atomic E-state index is 0.697. The molecule has 2 aliphatic heterocycles. The van der Waals surface area contributed by atoms with Gasteiger partial charge in [0.15, 0.2) is 0 Å². The maximum atomic E-state index is 5.40. The number of rotatable bonds is 7. The Kier molecular flexibility index (Phi) is 5.91. The Bertz CT molecular complexity index is 1350. The fraction of sp³-hybridized carbons (Fsp3) is 0.138. The molecule has 0 aliphatic carbocycles. The van der Waals surface area contributed by atoms with Gasteiger partial charge in [0.25, 0.3) is 0 Å². The third kappa shape index (κ3) is 4.46. The Hall–Kier alpha value is -4.25. The van der Waals surface area contributed by atoms with Crippen LogP contribution in [-0.2, 0) is 6.54 Å². The van der Waals surface area contributed by atoms with Crippen molar-refractivity contribution < 1.29 is 14.2 Å². The zero-order valence-electron chi connectivity index (χ0n) is 19.5. The third-order valence-electron chi connectivity index (χ3n) is 5.94. The molecule has 0 amide bonds. The minimum absolute atomic E-state index is 0.697. The molecular formula is C29H26N2O3. The van der Waals surface area contributed by atoms with Crippen molar-refractivity contribution in [2.75, 3.05) is 21.3 Å². The zero-order valence-corrected chi connectivity index (χ0v) is 19.5. The molecule has 3 aromatic carbocycles. The first-order valence-corrected chi connectivity index (χ1v) is 11.1. The van der Waals surface area contributed by atoms with E-state index in [9.17, 15) is 0 Å². The van der Waals surface area contributed by atoms with Gasteiger partial charge in [0.1, 0.15) is 17.2 Å². The Balaban J connectivity index is 1.38. The standard InChI is InChI=1S/C29H26N2O3/c1-32-25-10-8-22(9-11-25)21-4-6-23(7-5-21)28-16-24-12-13-31(19-29(24)30-28)18-20-14-26(33-2)17-27(15-20)34-3/h4-17,19H,18H2,1-3H3. The lowest BCUT2D eigenvalue weighted by atomic mass is 10.0. The summed E-state index contributed by atoms with van der Waals surface area (Å²) in [7, 11) is 5.01. The van der Waals surface area contributed by atoms with E-state index in [2.05, 4.69) is 65.5 Å². The molecule has 0 bridgehead atoms. The molecule has 5 rings (SSSR count). The van der Waals surface area contributed by atoms with Gasteiger partial charge in [0.05, 0.1) is 32.7 Å². The number of nitrogens with zero attached hydrogens (tertiary/aromatic N) is 2. The lowest BCUT2D eigenvalue weighted by Crippen LogP contribution is -2.01. The minimum Gasteiger partial charge on any atom is -0.497 e. The molecule has 5 nitrogen and oxygen atoms in total. The van der Waals surface area contributed by atoms with Gasteiger partial charge in [0.2, 0.25) is 0 Å². The summed E-state index contributed by atoms with van der Waals surface area (Å²) in [6.45, 7) is 0.697. The van der Waals surface area contributed by atoms with Crippen molar-refractivity contribution in [2.24, 2.45) is 0 Å². The van der Waals surface area contributed by atoms with Crippen molar-refractivity contribution in [1.29, 1.82) is 0 Å². The second-order valence-electron chi connectivity index (χ2n) is 8.13. The maximum Gasteiger partial charge on any atom is 0.122 e. The van der Waals surface area contributed by atoms with Crippen LogP contribution in [0.25, 0.3) is 33.6 Å². The van der Waals surface area contributed by atoms with Gasteiger partial charge in [-0.05, 0) is 53.1 Å². The molecule has 0 atom stereocenters. The summed E-state index contributed by atoms with van der Waals surface area (Å²) in [5.74, 6) is 2.42. The number of methoxy groups -OCH3 is 3. The van der Waals surface area contributed by atoms with E-state index in [0.717, 1.165) is 56.5 Å².